The predicted molar refractivity (Wildman–Crippen MR) is 148 cm³/mol. The summed E-state index contributed by atoms with van der Waals surface area (Å²) >= 11 is 0. The second-order valence-electron chi connectivity index (χ2n) is 9.41. The van der Waals surface area contributed by atoms with E-state index in [0.717, 1.165) is 41.0 Å². The number of amides is 1. The zero-order chi connectivity index (χ0) is 26.9. The average Bonchev–Trinajstić information content (AvgIpc) is 3.16. The van der Waals surface area contributed by atoms with Crippen LogP contribution >= 0.6 is 0 Å². The van der Waals surface area contributed by atoms with Gasteiger partial charge in [0.2, 0.25) is 0 Å². The van der Waals surface area contributed by atoms with E-state index in [1.807, 2.05) is 63.2 Å². The quantitative estimate of drug-likeness (QED) is 0.242. The first-order valence-corrected chi connectivity index (χ1v) is 12.6. The number of aliphatic hydroxyl groups excluding tert-OH is 1. The van der Waals surface area contributed by atoms with Gasteiger partial charge in [0.1, 0.15) is 11.5 Å². The van der Waals surface area contributed by atoms with Gasteiger partial charge in [-0.1, -0.05) is 24.3 Å². The SMILES string of the molecule is CCN(CC)c1ccc(C2/C(=C(/O)c3ccc(OC)c(C)c3)C(=O)C(=O)N2c2cc(C)ccc2C)cc1. The van der Waals surface area contributed by atoms with Crippen LogP contribution in [-0.2, 0) is 9.59 Å². The summed E-state index contributed by atoms with van der Waals surface area (Å²) in [7, 11) is 1.58. The van der Waals surface area contributed by atoms with Crippen LogP contribution in [0.1, 0.15) is 47.7 Å². The molecule has 0 bridgehead atoms. The van der Waals surface area contributed by atoms with Crippen LogP contribution in [0.4, 0.5) is 11.4 Å². The highest BCUT2D eigenvalue weighted by molar-refractivity contribution is 6.51. The maximum absolute atomic E-state index is 13.5. The van der Waals surface area contributed by atoms with Gasteiger partial charge in [-0.25, -0.2) is 0 Å². The monoisotopic (exact) mass is 498 g/mol. The lowest BCUT2D eigenvalue weighted by Crippen LogP contribution is -2.30. The molecule has 1 saturated heterocycles. The fourth-order valence-corrected chi connectivity index (χ4v) is 5.01. The van der Waals surface area contributed by atoms with Crippen LogP contribution in [0, 0.1) is 20.8 Å². The van der Waals surface area contributed by atoms with E-state index in [1.165, 1.54) is 4.90 Å². The highest BCUT2D eigenvalue weighted by atomic mass is 16.5. The van der Waals surface area contributed by atoms with Crippen molar-refractivity contribution < 1.29 is 19.4 Å². The first-order valence-electron chi connectivity index (χ1n) is 12.6. The van der Waals surface area contributed by atoms with Crippen LogP contribution in [0.3, 0.4) is 0 Å². The van der Waals surface area contributed by atoms with Crippen LogP contribution in [0.2, 0.25) is 0 Å². The van der Waals surface area contributed by atoms with E-state index in [4.69, 9.17) is 4.74 Å². The zero-order valence-corrected chi connectivity index (χ0v) is 22.3. The molecule has 6 nitrogen and oxygen atoms in total. The third kappa shape index (κ3) is 4.71. The Bertz CT molecular complexity index is 1370. The zero-order valence-electron chi connectivity index (χ0n) is 22.3. The van der Waals surface area contributed by atoms with Crippen molar-refractivity contribution in [3.63, 3.8) is 0 Å². The molecule has 1 fully saturated rings. The predicted octanol–water partition coefficient (Wildman–Crippen LogP) is 6.09. The van der Waals surface area contributed by atoms with Crippen LogP contribution in [0.15, 0.2) is 66.2 Å². The van der Waals surface area contributed by atoms with E-state index in [1.54, 1.807) is 25.3 Å². The minimum absolute atomic E-state index is 0.0751. The third-order valence-corrected chi connectivity index (χ3v) is 7.07. The van der Waals surface area contributed by atoms with Crippen molar-refractivity contribution in [1.82, 2.24) is 0 Å². The molecule has 3 aromatic rings. The van der Waals surface area contributed by atoms with Crippen LogP contribution in [0.25, 0.3) is 5.76 Å². The number of aliphatic hydroxyl groups is 1. The first-order chi connectivity index (χ1) is 17.7. The minimum Gasteiger partial charge on any atom is -0.507 e. The van der Waals surface area contributed by atoms with Crippen LogP contribution in [0.5, 0.6) is 5.75 Å². The molecule has 1 unspecified atom stereocenters. The fourth-order valence-electron chi connectivity index (χ4n) is 5.01. The van der Waals surface area contributed by atoms with Crippen molar-refractivity contribution in [3.8, 4) is 5.75 Å². The van der Waals surface area contributed by atoms with Gasteiger partial charge in [-0.3, -0.25) is 14.5 Å². The number of aryl methyl sites for hydroxylation is 3. The van der Waals surface area contributed by atoms with E-state index in [0.29, 0.717) is 17.0 Å². The molecule has 3 aromatic carbocycles. The summed E-state index contributed by atoms with van der Waals surface area (Å²) in [5.74, 6) is -0.881. The number of rotatable bonds is 7. The molecule has 6 heteroatoms. The molecule has 1 N–H and O–H groups in total. The largest absolute Gasteiger partial charge is 0.507 e. The van der Waals surface area contributed by atoms with Crippen molar-refractivity contribution in [1.29, 1.82) is 0 Å². The van der Waals surface area contributed by atoms with Gasteiger partial charge >= 0.3 is 0 Å². The van der Waals surface area contributed by atoms with Crippen molar-refractivity contribution >= 4 is 28.8 Å². The summed E-state index contributed by atoms with van der Waals surface area (Å²) in [4.78, 5) is 30.8. The number of Topliss-reactive ketones (excluding diaryl/α,β-unsaturated/α-hetero) is 1. The molecule has 0 spiro atoms. The number of ether oxygens (including phenoxy) is 1. The molecule has 192 valence electrons. The Kier molecular flexibility index (Phi) is 7.39. The fraction of sp³-hybridized carbons (Fsp3) is 0.290. The van der Waals surface area contributed by atoms with Crippen molar-refractivity contribution in [3.05, 3.63) is 94.1 Å². The summed E-state index contributed by atoms with van der Waals surface area (Å²) in [5, 5.41) is 11.5. The van der Waals surface area contributed by atoms with Gasteiger partial charge in [-0.2, -0.15) is 0 Å². The van der Waals surface area contributed by atoms with Gasteiger partial charge in [0.15, 0.2) is 0 Å². The molecule has 1 atom stereocenters. The molecular formula is C31H34N2O4. The Balaban J connectivity index is 1.93. The van der Waals surface area contributed by atoms with Gasteiger partial charge in [0.05, 0.1) is 18.7 Å². The second-order valence-corrected chi connectivity index (χ2v) is 9.41. The van der Waals surface area contributed by atoms with Gasteiger partial charge in [0, 0.05) is 30.0 Å². The highest BCUT2D eigenvalue weighted by Crippen LogP contribution is 2.44. The number of hydrogen-bond acceptors (Lipinski definition) is 5. The second kappa shape index (κ2) is 10.5. The van der Waals surface area contributed by atoms with E-state index in [2.05, 4.69) is 18.7 Å². The van der Waals surface area contributed by atoms with Gasteiger partial charge in [0.25, 0.3) is 11.7 Å². The molecule has 1 heterocycles. The summed E-state index contributed by atoms with van der Waals surface area (Å²) in [5.41, 5.74) is 5.67. The third-order valence-electron chi connectivity index (χ3n) is 7.07. The maximum Gasteiger partial charge on any atom is 0.300 e. The van der Waals surface area contributed by atoms with E-state index in [-0.39, 0.29) is 11.3 Å². The number of methoxy groups -OCH3 is 1. The van der Waals surface area contributed by atoms with Crippen LogP contribution in [-0.4, -0.2) is 37.0 Å². The smallest absolute Gasteiger partial charge is 0.300 e. The van der Waals surface area contributed by atoms with Crippen molar-refractivity contribution in [2.75, 3.05) is 30.0 Å². The standard InChI is InChI=1S/C31H34N2O4/c1-7-32(8-2)24-14-11-22(12-15-24)28-27(29(34)23-13-16-26(37-6)21(5)18-23)30(35)31(36)33(28)25-17-19(3)9-10-20(25)4/h9-18,28,34H,7-8H2,1-6H3/b29-27-. The molecule has 0 radical (unpaired) electrons. The number of nitrogens with zero attached hydrogens (tertiary/aromatic N) is 2. The normalized spacial score (nSPS) is 16.8. The number of carbonyl (C=O) groups is 2. The summed E-state index contributed by atoms with van der Waals surface area (Å²) in [6, 6.07) is 18.2. The van der Waals surface area contributed by atoms with Gasteiger partial charge < -0.3 is 14.7 Å². The summed E-state index contributed by atoms with van der Waals surface area (Å²) in [6.07, 6.45) is 0. The lowest BCUT2D eigenvalue weighted by molar-refractivity contribution is -0.132. The Morgan fingerprint density at radius 2 is 1.59 bits per heavy atom. The molecule has 1 amide bonds. The van der Waals surface area contributed by atoms with E-state index >= 15 is 0 Å². The molecule has 37 heavy (non-hydrogen) atoms. The number of carbonyl (C=O) groups excluding carboxylic acids is 2. The molecule has 1 aliphatic heterocycles. The Hall–Kier alpha value is -4.06. The Labute approximate surface area is 218 Å². The molecule has 0 saturated carbocycles. The molecular weight excluding hydrogens is 464 g/mol. The van der Waals surface area contributed by atoms with Gasteiger partial charge in [-0.05, 0) is 93.3 Å². The first kappa shape index (κ1) is 26.0. The Morgan fingerprint density at radius 1 is 0.919 bits per heavy atom. The number of benzene rings is 3. The minimum atomic E-state index is -0.770. The summed E-state index contributed by atoms with van der Waals surface area (Å²) < 4.78 is 5.35. The highest BCUT2D eigenvalue weighted by Gasteiger charge is 2.47. The number of ketones is 1. The van der Waals surface area contributed by atoms with Crippen LogP contribution < -0.4 is 14.5 Å². The maximum atomic E-state index is 13.5. The van der Waals surface area contributed by atoms with E-state index in [9.17, 15) is 14.7 Å². The summed E-state index contributed by atoms with van der Waals surface area (Å²) in [6.45, 7) is 11.7. The Morgan fingerprint density at radius 3 is 2.19 bits per heavy atom. The molecule has 0 aromatic heterocycles. The lowest BCUT2D eigenvalue weighted by Gasteiger charge is -2.28. The van der Waals surface area contributed by atoms with E-state index < -0.39 is 17.7 Å². The molecule has 0 aliphatic carbocycles. The topological polar surface area (TPSA) is 70.1 Å². The lowest BCUT2D eigenvalue weighted by atomic mass is 9.94. The van der Waals surface area contributed by atoms with Crippen molar-refractivity contribution in [2.24, 2.45) is 0 Å². The molecule has 4 rings (SSSR count). The number of hydrogen-bond donors (Lipinski definition) is 1. The average molecular weight is 499 g/mol. The number of anilines is 2. The van der Waals surface area contributed by atoms with Gasteiger partial charge in [-0.15, -0.1) is 0 Å². The molecule has 1 aliphatic rings. The van der Waals surface area contributed by atoms with Crippen molar-refractivity contribution in [2.45, 2.75) is 40.7 Å².